The first-order valence-electron chi connectivity index (χ1n) is 20.3. The maximum absolute atomic E-state index is 15.1. The van der Waals surface area contributed by atoms with E-state index in [1.165, 1.54) is 0 Å². The topological polar surface area (TPSA) is 43.3 Å². The van der Waals surface area contributed by atoms with Crippen molar-refractivity contribution in [3.63, 3.8) is 0 Å². The van der Waals surface area contributed by atoms with Crippen LogP contribution in [0.2, 0.25) is 0 Å². The van der Waals surface area contributed by atoms with Crippen molar-refractivity contribution in [1.29, 1.82) is 0 Å². The average molecular weight is 762 g/mol. The van der Waals surface area contributed by atoms with Crippen LogP contribution in [0.1, 0.15) is 11.1 Å². The smallest absolute Gasteiger partial charge is 0.124 e. The van der Waals surface area contributed by atoms with Gasteiger partial charge in [0.1, 0.15) is 18.8 Å². The summed E-state index contributed by atoms with van der Waals surface area (Å²) in [5, 5.41) is 35.4. The number of rotatable bonds is 8. The van der Waals surface area contributed by atoms with Crippen molar-refractivity contribution >= 4 is 43.1 Å². The fraction of sp³-hybridized carbons (Fsp3) is 0.0714. The number of phenols is 1. The first-order valence-corrected chi connectivity index (χ1v) is 20.3. The van der Waals surface area contributed by atoms with E-state index >= 15 is 5.11 Å². The van der Waals surface area contributed by atoms with E-state index in [2.05, 4.69) is 160 Å². The van der Waals surface area contributed by atoms with Crippen molar-refractivity contribution in [3.8, 4) is 56.0 Å². The molecule has 10 aromatic rings. The lowest BCUT2D eigenvalue weighted by atomic mass is 9.84. The fourth-order valence-electron chi connectivity index (χ4n) is 9.34. The average Bonchev–Trinajstić information content (AvgIpc) is 3.27. The molecule has 0 saturated heterocycles. The summed E-state index contributed by atoms with van der Waals surface area (Å²) in [6.45, 7) is 1.29. The lowest BCUT2D eigenvalue weighted by Crippen LogP contribution is -2.38. The molecule has 0 amide bonds. The summed E-state index contributed by atoms with van der Waals surface area (Å²) in [5.41, 5.74) is 9.77. The first-order chi connectivity index (χ1) is 28.8. The SMILES string of the molecule is C[N+](C)(Cc1ccc2ccccc2c1-c1c([O-])c(-c2ccccc2)cc2ccccc12)Cc1c(-c2ccccc2)cc2ccccc2c1-c1c(O)ccc2ccccc12. The molecule has 0 aromatic heterocycles. The zero-order valence-corrected chi connectivity index (χ0v) is 33.2. The second-order valence-electron chi connectivity index (χ2n) is 16.3. The third-order valence-electron chi connectivity index (χ3n) is 11.9. The standard InChI is InChI=1S/C56H43NO2/c1-57(2,35-43-30-29-39-21-9-13-25-44(39)52(43)55-47-28-16-12-24-42(47)34-49(56(55)59)38-19-7-4-8-20-38)36-50-48(37-17-5-3-6-18-37)33-41-23-11-15-27-46(41)53(50)54-45-26-14-10-22-40(45)31-32-51(54)58/h3-34H,35-36H2,1-2H3,(H-,58,59). The van der Waals surface area contributed by atoms with Crippen molar-refractivity contribution in [3.05, 3.63) is 205 Å². The lowest BCUT2D eigenvalue weighted by Gasteiger charge is -2.34. The molecule has 0 unspecified atom stereocenters. The summed E-state index contributed by atoms with van der Waals surface area (Å²) in [6.07, 6.45) is 0. The first kappa shape index (κ1) is 36.2. The van der Waals surface area contributed by atoms with Gasteiger partial charge in [-0.25, -0.2) is 0 Å². The second kappa shape index (κ2) is 14.6. The number of nitrogens with zero attached hydrogens (tertiary/aromatic N) is 1. The minimum absolute atomic E-state index is 0.0346. The van der Waals surface area contributed by atoms with Gasteiger partial charge in [-0.2, -0.15) is 0 Å². The number of fused-ring (bicyclic) bond motifs is 4. The normalized spacial score (nSPS) is 11.8. The molecule has 0 radical (unpaired) electrons. The van der Waals surface area contributed by atoms with Gasteiger partial charge in [0.05, 0.1) is 14.1 Å². The largest absolute Gasteiger partial charge is 0.872 e. The molecular formula is C56H43NO2. The Kier molecular flexibility index (Phi) is 8.97. The van der Waals surface area contributed by atoms with Gasteiger partial charge in [-0.3, -0.25) is 0 Å². The van der Waals surface area contributed by atoms with Gasteiger partial charge in [-0.15, -0.1) is 0 Å². The summed E-state index contributed by atoms with van der Waals surface area (Å²) >= 11 is 0. The summed E-state index contributed by atoms with van der Waals surface area (Å²) in [7, 11) is 4.57. The van der Waals surface area contributed by atoms with Crippen LogP contribution in [0, 0.1) is 0 Å². The number of hydrogen-bond acceptors (Lipinski definition) is 2. The number of phenolic OH excluding ortho intramolecular Hbond substituents is 1. The van der Waals surface area contributed by atoms with Gasteiger partial charge in [0, 0.05) is 22.3 Å². The van der Waals surface area contributed by atoms with Crippen LogP contribution in [0.25, 0.3) is 87.6 Å². The van der Waals surface area contributed by atoms with Crippen LogP contribution in [0.3, 0.4) is 0 Å². The summed E-state index contributed by atoms with van der Waals surface area (Å²) in [4.78, 5) is 0. The predicted molar refractivity (Wildman–Crippen MR) is 245 cm³/mol. The molecule has 0 spiro atoms. The zero-order valence-electron chi connectivity index (χ0n) is 33.2. The van der Waals surface area contributed by atoms with Gasteiger partial charge in [-0.1, -0.05) is 182 Å². The molecule has 3 heteroatoms. The number of aromatic hydroxyl groups is 1. The Hall–Kier alpha value is -7.20. The molecule has 0 fully saturated rings. The van der Waals surface area contributed by atoms with E-state index in [0.717, 1.165) is 93.2 Å². The van der Waals surface area contributed by atoms with Gasteiger partial charge in [-0.05, 0) is 94.7 Å². The van der Waals surface area contributed by atoms with Crippen molar-refractivity contribution < 1.29 is 14.7 Å². The van der Waals surface area contributed by atoms with Crippen LogP contribution < -0.4 is 5.11 Å². The monoisotopic (exact) mass is 761 g/mol. The zero-order chi connectivity index (χ0) is 40.1. The highest BCUT2D eigenvalue weighted by molar-refractivity contribution is 6.12. The highest BCUT2D eigenvalue weighted by atomic mass is 16.3. The van der Waals surface area contributed by atoms with Gasteiger partial charge >= 0.3 is 0 Å². The van der Waals surface area contributed by atoms with E-state index in [1.54, 1.807) is 0 Å². The van der Waals surface area contributed by atoms with Crippen LogP contribution in [0.15, 0.2) is 194 Å². The van der Waals surface area contributed by atoms with E-state index in [0.29, 0.717) is 23.1 Å². The predicted octanol–water partition coefficient (Wildman–Crippen LogP) is 13.5. The Labute approximate surface area is 344 Å². The molecule has 0 saturated carbocycles. The summed E-state index contributed by atoms with van der Waals surface area (Å²) < 4.78 is 0.576. The molecule has 0 aliphatic carbocycles. The Balaban J connectivity index is 1.21. The van der Waals surface area contributed by atoms with Gasteiger partial charge in [0.15, 0.2) is 0 Å². The molecule has 0 aliphatic rings. The molecule has 1 N–H and O–H groups in total. The van der Waals surface area contributed by atoms with Crippen LogP contribution in [-0.2, 0) is 13.1 Å². The van der Waals surface area contributed by atoms with E-state index in [1.807, 2.05) is 48.5 Å². The van der Waals surface area contributed by atoms with Crippen LogP contribution >= 0.6 is 0 Å². The van der Waals surface area contributed by atoms with Crippen molar-refractivity contribution in [1.82, 2.24) is 0 Å². The molecule has 284 valence electrons. The Morgan fingerprint density at radius 1 is 0.407 bits per heavy atom. The van der Waals surface area contributed by atoms with Gasteiger partial charge < -0.3 is 14.7 Å². The fourth-order valence-corrected chi connectivity index (χ4v) is 9.34. The lowest BCUT2D eigenvalue weighted by molar-refractivity contribution is -0.916. The number of hydrogen-bond donors (Lipinski definition) is 1. The van der Waals surface area contributed by atoms with Crippen molar-refractivity contribution in [2.45, 2.75) is 13.1 Å². The van der Waals surface area contributed by atoms with E-state index in [4.69, 9.17) is 0 Å². The highest BCUT2D eigenvalue weighted by Crippen LogP contribution is 2.48. The summed E-state index contributed by atoms with van der Waals surface area (Å²) in [5.74, 6) is 0.294. The number of benzene rings is 10. The van der Waals surface area contributed by atoms with E-state index in [-0.39, 0.29) is 11.5 Å². The van der Waals surface area contributed by atoms with E-state index in [9.17, 15) is 5.11 Å². The minimum Gasteiger partial charge on any atom is -0.872 e. The maximum atomic E-state index is 15.1. The third kappa shape index (κ3) is 6.46. The van der Waals surface area contributed by atoms with Gasteiger partial charge in [0.25, 0.3) is 0 Å². The third-order valence-corrected chi connectivity index (χ3v) is 11.9. The van der Waals surface area contributed by atoms with Crippen LogP contribution in [0.5, 0.6) is 11.5 Å². The summed E-state index contributed by atoms with van der Waals surface area (Å²) in [6, 6.07) is 66.9. The molecule has 0 aliphatic heterocycles. The quantitative estimate of drug-likeness (QED) is 0.157. The molecule has 10 aromatic carbocycles. The molecule has 0 atom stereocenters. The van der Waals surface area contributed by atoms with Crippen LogP contribution in [-0.4, -0.2) is 23.7 Å². The Morgan fingerprint density at radius 2 is 0.847 bits per heavy atom. The van der Waals surface area contributed by atoms with Crippen LogP contribution in [0.4, 0.5) is 0 Å². The Morgan fingerprint density at radius 3 is 1.44 bits per heavy atom. The molecule has 3 nitrogen and oxygen atoms in total. The number of quaternary nitrogens is 1. The molecule has 59 heavy (non-hydrogen) atoms. The van der Waals surface area contributed by atoms with Crippen molar-refractivity contribution in [2.75, 3.05) is 14.1 Å². The Bertz CT molecular complexity index is 3200. The molecule has 0 heterocycles. The maximum Gasteiger partial charge on any atom is 0.124 e. The second-order valence-corrected chi connectivity index (χ2v) is 16.3. The molecule has 0 bridgehead atoms. The molecule has 10 rings (SSSR count). The highest BCUT2D eigenvalue weighted by Gasteiger charge is 2.28. The molecular weight excluding hydrogens is 719 g/mol. The van der Waals surface area contributed by atoms with Gasteiger partial charge in [0.2, 0.25) is 0 Å². The minimum atomic E-state index is 0.0346. The van der Waals surface area contributed by atoms with E-state index < -0.39 is 0 Å². The van der Waals surface area contributed by atoms with Crippen molar-refractivity contribution in [2.24, 2.45) is 0 Å².